The highest BCUT2D eigenvalue weighted by atomic mass is 32.2. The number of aryl methyl sites for hydroxylation is 1. The Kier molecular flexibility index (Phi) is 5.31. The molecule has 1 aromatic heterocycles. The van der Waals surface area contributed by atoms with E-state index in [0.717, 1.165) is 5.56 Å². The standard InChI is InChI=1S/C18H19N5O3S/c1-13-8-6-7-11-16(13)19-18(24)14(2)27(25,26)12-17-20-21-22-23(17)15-9-4-3-5-10-15/h3-11,14H,12H2,1-2H3,(H,19,24). The van der Waals surface area contributed by atoms with Gasteiger partial charge in [0.1, 0.15) is 11.0 Å². The summed E-state index contributed by atoms with van der Waals surface area (Å²) in [4.78, 5) is 12.4. The quantitative estimate of drug-likeness (QED) is 0.695. The van der Waals surface area contributed by atoms with Crippen molar-refractivity contribution in [3.63, 3.8) is 0 Å². The minimum atomic E-state index is -3.82. The zero-order valence-corrected chi connectivity index (χ0v) is 15.7. The normalized spacial score (nSPS) is 12.5. The van der Waals surface area contributed by atoms with E-state index >= 15 is 0 Å². The minimum Gasteiger partial charge on any atom is -0.325 e. The number of sulfone groups is 1. The predicted molar refractivity (Wildman–Crippen MR) is 101 cm³/mol. The van der Waals surface area contributed by atoms with Crippen molar-refractivity contribution in [2.45, 2.75) is 24.9 Å². The molecule has 1 heterocycles. The van der Waals surface area contributed by atoms with Gasteiger partial charge in [-0.2, -0.15) is 4.68 Å². The second-order valence-corrected chi connectivity index (χ2v) is 8.42. The number of nitrogens with one attached hydrogen (secondary N) is 1. The number of carbonyl (C=O) groups is 1. The summed E-state index contributed by atoms with van der Waals surface area (Å²) in [6.45, 7) is 3.20. The maximum atomic E-state index is 12.7. The largest absolute Gasteiger partial charge is 0.325 e. The number of hydrogen-bond acceptors (Lipinski definition) is 6. The zero-order chi connectivity index (χ0) is 19.4. The second-order valence-electron chi connectivity index (χ2n) is 6.10. The average molecular weight is 385 g/mol. The lowest BCUT2D eigenvalue weighted by Gasteiger charge is -2.14. The van der Waals surface area contributed by atoms with Crippen molar-refractivity contribution in [2.24, 2.45) is 0 Å². The molecule has 0 spiro atoms. The molecular formula is C18H19N5O3S. The summed E-state index contributed by atoms with van der Waals surface area (Å²) in [6.07, 6.45) is 0. The molecular weight excluding hydrogens is 366 g/mol. The molecule has 0 aliphatic carbocycles. The van der Waals surface area contributed by atoms with Crippen LogP contribution >= 0.6 is 0 Å². The van der Waals surface area contributed by atoms with Crippen LogP contribution in [0.3, 0.4) is 0 Å². The van der Waals surface area contributed by atoms with Gasteiger partial charge >= 0.3 is 0 Å². The van der Waals surface area contributed by atoms with Crippen LogP contribution in [0.25, 0.3) is 5.69 Å². The van der Waals surface area contributed by atoms with E-state index in [2.05, 4.69) is 20.8 Å². The fourth-order valence-electron chi connectivity index (χ4n) is 2.48. The van der Waals surface area contributed by atoms with Crippen LogP contribution in [-0.4, -0.2) is 39.8 Å². The fourth-order valence-corrected chi connectivity index (χ4v) is 3.66. The molecule has 3 rings (SSSR count). The monoisotopic (exact) mass is 385 g/mol. The van der Waals surface area contributed by atoms with Crippen LogP contribution in [0.5, 0.6) is 0 Å². The van der Waals surface area contributed by atoms with E-state index < -0.39 is 26.7 Å². The number of amides is 1. The van der Waals surface area contributed by atoms with E-state index in [1.54, 1.807) is 36.4 Å². The van der Waals surface area contributed by atoms with Gasteiger partial charge in [-0.15, -0.1) is 5.10 Å². The van der Waals surface area contributed by atoms with E-state index in [1.807, 2.05) is 25.1 Å². The average Bonchev–Trinajstić information content (AvgIpc) is 3.11. The lowest BCUT2D eigenvalue weighted by atomic mass is 10.2. The van der Waals surface area contributed by atoms with Gasteiger partial charge in [0.15, 0.2) is 15.7 Å². The number of benzene rings is 2. The highest BCUT2D eigenvalue weighted by Crippen LogP contribution is 2.17. The number of nitrogens with zero attached hydrogens (tertiary/aromatic N) is 4. The van der Waals surface area contributed by atoms with Crippen molar-refractivity contribution in [1.82, 2.24) is 20.2 Å². The first-order valence-corrected chi connectivity index (χ1v) is 10.0. The molecule has 3 aromatic rings. The van der Waals surface area contributed by atoms with Crippen molar-refractivity contribution in [3.8, 4) is 5.69 Å². The first-order valence-electron chi connectivity index (χ1n) is 8.29. The van der Waals surface area contributed by atoms with E-state index in [1.165, 1.54) is 11.6 Å². The zero-order valence-electron chi connectivity index (χ0n) is 14.9. The van der Waals surface area contributed by atoms with Crippen molar-refractivity contribution in [2.75, 3.05) is 5.32 Å². The van der Waals surface area contributed by atoms with Gasteiger partial charge in [-0.05, 0) is 48.0 Å². The Balaban J connectivity index is 1.78. The van der Waals surface area contributed by atoms with Gasteiger partial charge in [0.05, 0.1) is 5.69 Å². The first kappa shape index (κ1) is 18.7. The van der Waals surface area contributed by atoms with Gasteiger partial charge in [-0.3, -0.25) is 4.79 Å². The summed E-state index contributed by atoms with van der Waals surface area (Å²) in [5, 5.41) is 12.6. The Hall–Kier alpha value is -3.07. The first-order chi connectivity index (χ1) is 12.9. The summed E-state index contributed by atoms with van der Waals surface area (Å²) in [5.74, 6) is -0.892. The Morgan fingerprint density at radius 2 is 1.78 bits per heavy atom. The number of rotatable bonds is 6. The molecule has 0 aliphatic heterocycles. The molecule has 0 bridgehead atoms. The van der Waals surface area contributed by atoms with Gasteiger partial charge in [0.25, 0.3) is 0 Å². The number of aromatic nitrogens is 4. The third-order valence-corrected chi connectivity index (χ3v) is 6.13. The number of anilines is 1. The molecule has 1 N–H and O–H groups in total. The van der Waals surface area contributed by atoms with Crippen molar-refractivity contribution in [1.29, 1.82) is 0 Å². The number of tetrazole rings is 1. The molecule has 8 nitrogen and oxygen atoms in total. The molecule has 0 aliphatic rings. The van der Waals surface area contributed by atoms with Crippen LogP contribution in [0.2, 0.25) is 0 Å². The smallest absolute Gasteiger partial charge is 0.242 e. The molecule has 140 valence electrons. The van der Waals surface area contributed by atoms with Crippen LogP contribution in [0, 0.1) is 6.92 Å². The maximum absolute atomic E-state index is 12.7. The predicted octanol–water partition coefficient (Wildman–Crippen LogP) is 1.91. The molecule has 2 aromatic carbocycles. The van der Waals surface area contributed by atoms with Crippen LogP contribution < -0.4 is 5.32 Å². The van der Waals surface area contributed by atoms with E-state index in [4.69, 9.17) is 0 Å². The molecule has 1 amide bonds. The number of para-hydroxylation sites is 2. The van der Waals surface area contributed by atoms with Crippen LogP contribution in [0.4, 0.5) is 5.69 Å². The molecule has 0 radical (unpaired) electrons. The lowest BCUT2D eigenvalue weighted by molar-refractivity contribution is -0.115. The van der Waals surface area contributed by atoms with E-state index in [9.17, 15) is 13.2 Å². The highest BCUT2D eigenvalue weighted by Gasteiger charge is 2.30. The third-order valence-electron chi connectivity index (χ3n) is 4.18. The molecule has 1 unspecified atom stereocenters. The molecule has 0 saturated carbocycles. The van der Waals surface area contributed by atoms with Gasteiger partial charge in [0, 0.05) is 5.69 Å². The summed E-state index contributed by atoms with van der Waals surface area (Å²) in [7, 11) is -3.82. The van der Waals surface area contributed by atoms with Crippen molar-refractivity contribution in [3.05, 3.63) is 66.0 Å². The second kappa shape index (κ2) is 7.67. The van der Waals surface area contributed by atoms with E-state index in [0.29, 0.717) is 11.4 Å². The third kappa shape index (κ3) is 4.20. The fraction of sp³-hybridized carbons (Fsp3) is 0.222. The van der Waals surface area contributed by atoms with Gasteiger partial charge in [-0.25, -0.2) is 8.42 Å². The van der Waals surface area contributed by atoms with Crippen molar-refractivity contribution < 1.29 is 13.2 Å². The Labute approximate surface area is 157 Å². The molecule has 27 heavy (non-hydrogen) atoms. The maximum Gasteiger partial charge on any atom is 0.242 e. The summed E-state index contributed by atoms with van der Waals surface area (Å²) < 4.78 is 26.8. The highest BCUT2D eigenvalue weighted by molar-refractivity contribution is 7.92. The van der Waals surface area contributed by atoms with Crippen LogP contribution in [-0.2, 0) is 20.4 Å². The summed E-state index contributed by atoms with van der Waals surface area (Å²) in [6, 6.07) is 16.1. The van der Waals surface area contributed by atoms with E-state index in [-0.39, 0.29) is 5.82 Å². The topological polar surface area (TPSA) is 107 Å². The van der Waals surface area contributed by atoms with Gasteiger partial charge in [-0.1, -0.05) is 36.4 Å². The van der Waals surface area contributed by atoms with Crippen molar-refractivity contribution >= 4 is 21.4 Å². The number of hydrogen-bond donors (Lipinski definition) is 1. The van der Waals surface area contributed by atoms with Gasteiger partial charge in [0.2, 0.25) is 5.91 Å². The summed E-state index contributed by atoms with van der Waals surface area (Å²) in [5.41, 5.74) is 2.08. The molecule has 0 saturated heterocycles. The SMILES string of the molecule is Cc1ccccc1NC(=O)C(C)S(=O)(=O)Cc1nnnn1-c1ccccc1. The molecule has 9 heteroatoms. The lowest BCUT2D eigenvalue weighted by Crippen LogP contribution is -2.34. The minimum absolute atomic E-state index is 0.150. The Morgan fingerprint density at radius 3 is 2.48 bits per heavy atom. The summed E-state index contributed by atoms with van der Waals surface area (Å²) >= 11 is 0. The Morgan fingerprint density at radius 1 is 1.11 bits per heavy atom. The number of carbonyl (C=O) groups excluding carboxylic acids is 1. The Bertz CT molecular complexity index is 1050. The molecule has 1 atom stereocenters. The van der Waals surface area contributed by atoms with Gasteiger partial charge < -0.3 is 5.32 Å². The van der Waals surface area contributed by atoms with Crippen LogP contribution in [0.15, 0.2) is 54.6 Å². The molecule has 0 fully saturated rings. The van der Waals surface area contributed by atoms with Crippen LogP contribution in [0.1, 0.15) is 18.3 Å².